The maximum Gasteiger partial charge on any atom is 0.414 e. The van der Waals surface area contributed by atoms with Crippen LogP contribution in [0.15, 0.2) is 42.5 Å². The van der Waals surface area contributed by atoms with Gasteiger partial charge in [0.25, 0.3) is 5.91 Å². The van der Waals surface area contributed by atoms with Crippen molar-refractivity contribution >= 4 is 17.8 Å². The second-order valence-corrected chi connectivity index (χ2v) is 7.09. The molecule has 2 aromatic rings. The number of hydrogen-bond donors (Lipinski definition) is 2. The monoisotopic (exact) mass is 460 g/mol. The van der Waals surface area contributed by atoms with Crippen LogP contribution in [0.2, 0.25) is 0 Å². The molecule has 3 rings (SSSR count). The molecule has 178 valence electrons. The minimum absolute atomic E-state index is 0.0515. The number of aliphatic carboxylic acids is 2. The second kappa shape index (κ2) is 12.3. The fourth-order valence-electron chi connectivity index (χ4n) is 3.27. The summed E-state index contributed by atoms with van der Waals surface area (Å²) in [4.78, 5) is 35.2. The van der Waals surface area contributed by atoms with E-state index in [0.717, 1.165) is 36.7 Å². The lowest BCUT2D eigenvalue weighted by Gasteiger charge is -2.35. The lowest BCUT2D eigenvalue weighted by atomic mass is 10.1. The number of carbonyl (C=O) groups excluding carboxylic acids is 1. The highest BCUT2D eigenvalue weighted by atomic mass is 16.5. The van der Waals surface area contributed by atoms with Gasteiger partial charge in [-0.15, -0.1) is 0 Å². The molecule has 0 bridgehead atoms. The summed E-state index contributed by atoms with van der Waals surface area (Å²) in [6, 6.07) is 13.2. The van der Waals surface area contributed by atoms with Gasteiger partial charge in [-0.25, -0.2) is 9.59 Å². The summed E-state index contributed by atoms with van der Waals surface area (Å²) in [5, 5.41) is 14.8. The summed E-state index contributed by atoms with van der Waals surface area (Å²) in [6.07, 6.45) is 0. The summed E-state index contributed by atoms with van der Waals surface area (Å²) in [7, 11) is 4.92. The average Bonchev–Trinajstić information content (AvgIpc) is 2.84. The van der Waals surface area contributed by atoms with Crippen molar-refractivity contribution in [1.29, 1.82) is 0 Å². The van der Waals surface area contributed by atoms with Crippen molar-refractivity contribution in [2.75, 3.05) is 47.5 Å². The standard InChI is InChI=1S/C21H26N2O4.C2H2O4/c1-25-18-6-4-5-16(13-18)21(24)23-11-9-22(10-12-23)15-17-7-8-19(26-2)14-20(17)27-3;3-1(4)2(5)6/h4-8,13-14H,9-12,15H2,1-3H3;(H,3,4)(H,5,6). The number of carboxylic acid groups (broad SMARTS) is 2. The predicted octanol–water partition coefficient (Wildman–Crippen LogP) is 1.83. The van der Waals surface area contributed by atoms with E-state index in [0.29, 0.717) is 24.4 Å². The average molecular weight is 460 g/mol. The maximum absolute atomic E-state index is 12.7. The fraction of sp³-hybridized carbons (Fsp3) is 0.348. The number of nitrogens with zero attached hydrogens (tertiary/aromatic N) is 2. The molecule has 1 fully saturated rings. The van der Waals surface area contributed by atoms with Gasteiger partial charge in [0.15, 0.2) is 0 Å². The van der Waals surface area contributed by atoms with Crippen molar-refractivity contribution in [1.82, 2.24) is 9.80 Å². The lowest BCUT2D eigenvalue weighted by molar-refractivity contribution is -0.159. The number of amides is 1. The molecule has 1 saturated heterocycles. The molecule has 33 heavy (non-hydrogen) atoms. The number of ether oxygens (including phenoxy) is 3. The number of carboxylic acids is 2. The molecule has 2 aromatic carbocycles. The van der Waals surface area contributed by atoms with Crippen LogP contribution in [0.25, 0.3) is 0 Å². The van der Waals surface area contributed by atoms with Crippen LogP contribution in [0.5, 0.6) is 17.2 Å². The van der Waals surface area contributed by atoms with Gasteiger partial charge in [-0.3, -0.25) is 9.69 Å². The number of benzene rings is 2. The van der Waals surface area contributed by atoms with E-state index in [4.69, 9.17) is 34.0 Å². The van der Waals surface area contributed by atoms with Crippen LogP contribution in [-0.2, 0) is 16.1 Å². The molecule has 0 radical (unpaired) electrons. The second-order valence-electron chi connectivity index (χ2n) is 7.09. The Morgan fingerprint density at radius 3 is 1.97 bits per heavy atom. The summed E-state index contributed by atoms with van der Waals surface area (Å²) in [5.74, 6) is -1.29. The summed E-state index contributed by atoms with van der Waals surface area (Å²) in [6.45, 7) is 3.84. The molecule has 0 aliphatic carbocycles. The number of rotatable bonds is 6. The Kier molecular flexibility index (Phi) is 9.49. The van der Waals surface area contributed by atoms with Crippen molar-refractivity contribution in [3.05, 3.63) is 53.6 Å². The van der Waals surface area contributed by atoms with Gasteiger partial charge in [0.1, 0.15) is 17.2 Å². The van der Waals surface area contributed by atoms with E-state index < -0.39 is 11.9 Å². The van der Waals surface area contributed by atoms with E-state index in [1.54, 1.807) is 27.4 Å². The molecule has 0 unspecified atom stereocenters. The van der Waals surface area contributed by atoms with Crippen LogP contribution in [0.3, 0.4) is 0 Å². The molecular weight excluding hydrogens is 432 g/mol. The first kappa shape index (κ1) is 25.5. The van der Waals surface area contributed by atoms with Crippen LogP contribution in [-0.4, -0.2) is 85.4 Å². The van der Waals surface area contributed by atoms with Gasteiger partial charge in [-0.2, -0.15) is 0 Å². The normalized spacial score (nSPS) is 13.4. The van der Waals surface area contributed by atoms with Gasteiger partial charge in [0.2, 0.25) is 0 Å². The molecule has 1 aliphatic heterocycles. The third-order valence-corrected chi connectivity index (χ3v) is 5.05. The number of carbonyl (C=O) groups is 3. The Labute approximate surface area is 191 Å². The van der Waals surface area contributed by atoms with Gasteiger partial charge < -0.3 is 29.3 Å². The molecule has 1 heterocycles. The van der Waals surface area contributed by atoms with Crippen molar-refractivity contribution in [2.45, 2.75) is 6.54 Å². The Morgan fingerprint density at radius 1 is 0.818 bits per heavy atom. The highest BCUT2D eigenvalue weighted by molar-refractivity contribution is 6.27. The van der Waals surface area contributed by atoms with Crippen LogP contribution >= 0.6 is 0 Å². The molecule has 10 nitrogen and oxygen atoms in total. The third-order valence-electron chi connectivity index (χ3n) is 5.05. The Bertz CT molecular complexity index is 959. The smallest absolute Gasteiger partial charge is 0.414 e. The molecule has 0 spiro atoms. The molecule has 0 aromatic heterocycles. The zero-order valence-corrected chi connectivity index (χ0v) is 18.8. The minimum atomic E-state index is -1.82. The number of methoxy groups -OCH3 is 3. The summed E-state index contributed by atoms with van der Waals surface area (Å²) in [5.41, 5.74) is 1.78. The van der Waals surface area contributed by atoms with E-state index in [9.17, 15) is 4.79 Å². The first-order valence-corrected chi connectivity index (χ1v) is 10.1. The predicted molar refractivity (Wildman–Crippen MR) is 119 cm³/mol. The molecule has 2 N–H and O–H groups in total. The zero-order valence-electron chi connectivity index (χ0n) is 18.8. The van der Waals surface area contributed by atoms with E-state index >= 15 is 0 Å². The van der Waals surface area contributed by atoms with Crippen LogP contribution in [0.1, 0.15) is 15.9 Å². The Hall–Kier alpha value is -3.79. The fourth-order valence-corrected chi connectivity index (χ4v) is 3.27. The summed E-state index contributed by atoms with van der Waals surface area (Å²) < 4.78 is 16.0. The molecule has 10 heteroatoms. The highest BCUT2D eigenvalue weighted by Crippen LogP contribution is 2.26. The van der Waals surface area contributed by atoms with Crippen molar-refractivity contribution in [3.63, 3.8) is 0 Å². The van der Waals surface area contributed by atoms with Crippen LogP contribution in [0, 0.1) is 0 Å². The topological polar surface area (TPSA) is 126 Å². The number of hydrogen-bond acceptors (Lipinski definition) is 7. The van der Waals surface area contributed by atoms with Gasteiger partial charge in [-0.05, 0) is 24.3 Å². The first-order valence-electron chi connectivity index (χ1n) is 10.1. The van der Waals surface area contributed by atoms with Crippen molar-refractivity contribution < 1.29 is 38.8 Å². The molecule has 1 amide bonds. The van der Waals surface area contributed by atoms with Gasteiger partial charge in [-0.1, -0.05) is 12.1 Å². The lowest BCUT2D eigenvalue weighted by Crippen LogP contribution is -2.48. The van der Waals surface area contributed by atoms with Gasteiger partial charge in [0, 0.05) is 49.9 Å². The number of piperazine rings is 1. The third kappa shape index (κ3) is 7.39. The largest absolute Gasteiger partial charge is 0.497 e. The SMILES string of the molecule is COc1cccc(C(=O)N2CCN(Cc3ccc(OC)cc3OC)CC2)c1.O=C(O)C(=O)O. The van der Waals surface area contributed by atoms with Crippen LogP contribution in [0.4, 0.5) is 0 Å². The Balaban J connectivity index is 0.000000569. The molecule has 0 saturated carbocycles. The maximum atomic E-state index is 12.7. The van der Waals surface area contributed by atoms with Crippen LogP contribution < -0.4 is 14.2 Å². The quantitative estimate of drug-likeness (QED) is 0.621. The molecular formula is C23H28N2O8. The first-order chi connectivity index (χ1) is 15.8. The Morgan fingerprint density at radius 2 is 1.42 bits per heavy atom. The highest BCUT2D eigenvalue weighted by Gasteiger charge is 2.23. The van der Waals surface area contributed by atoms with Gasteiger partial charge >= 0.3 is 11.9 Å². The van der Waals surface area contributed by atoms with E-state index in [-0.39, 0.29) is 5.91 Å². The van der Waals surface area contributed by atoms with E-state index in [1.807, 2.05) is 41.3 Å². The molecule has 1 aliphatic rings. The van der Waals surface area contributed by atoms with Crippen molar-refractivity contribution in [3.8, 4) is 17.2 Å². The zero-order chi connectivity index (χ0) is 24.4. The van der Waals surface area contributed by atoms with Gasteiger partial charge in [0.05, 0.1) is 21.3 Å². The summed E-state index contributed by atoms with van der Waals surface area (Å²) >= 11 is 0. The minimum Gasteiger partial charge on any atom is -0.497 e. The van der Waals surface area contributed by atoms with E-state index in [2.05, 4.69) is 4.90 Å². The molecule has 0 atom stereocenters. The van der Waals surface area contributed by atoms with Crippen molar-refractivity contribution in [2.24, 2.45) is 0 Å². The van der Waals surface area contributed by atoms with E-state index in [1.165, 1.54) is 0 Å².